The zero-order valence-corrected chi connectivity index (χ0v) is 26.2. The Morgan fingerprint density at radius 3 is 2.17 bits per heavy atom. The number of hydrogen-bond acceptors (Lipinski definition) is 5. The van der Waals surface area contributed by atoms with E-state index in [0.29, 0.717) is 31.0 Å². The predicted molar refractivity (Wildman–Crippen MR) is 165 cm³/mol. The largest absolute Gasteiger partial charge is 0.494 e. The quantitative estimate of drug-likeness (QED) is 0.212. The first kappa shape index (κ1) is 32.1. The van der Waals surface area contributed by atoms with E-state index in [-0.39, 0.29) is 17.3 Å². The minimum atomic E-state index is -4.14. The SMILES string of the molecule is CCCCNC(=O)[C@H](CC)N(Cc1ccccc1)C(=O)CN(c1ccc(OCC)cc1)S(=O)(=O)c1ccc(Br)cc1. The highest BCUT2D eigenvalue weighted by molar-refractivity contribution is 9.10. The van der Waals surface area contributed by atoms with Crippen LogP contribution in [0.1, 0.15) is 45.6 Å². The van der Waals surface area contributed by atoms with Crippen LogP contribution in [0.4, 0.5) is 5.69 Å². The van der Waals surface area contributed by atoms with Crippen molar-refractivity contribution >= 4 is 43.5 Å². The van der Waals surface area contributed by atoms with Gasteiger partial charge in [-0.05, 0) is 73.9 Å². The number of ether oxygens (including phenoxy) is 1. The van der Waals surface area contributed by atoms with Gasteiger partial charge in [0.1, 0.15) is 18.3 Å². The summed E-state index contributed by atoms with van der Waals surface area (Å²) in [5.41, 5.74) is 1.15. The van der Waals surface area contributed by atoms with Crippen LogP contribution in [0.3, 0.4) is 0 Å². The van der Waals surface area contributed by atoms with Gasteiger partial charge in [0.05, 0.1) is 17.2 Å². The van der Waals surface area contributed by atoms with Gasteiger partial charge in [-0.15, -0.1) is 0 Å². The summed E-state index contributed by atoms with van der Waals surface area (Å²) in [5.74, 6) is -0.154. The summed E-state index contributed by atoms with van der Waals surface area (Å²) in [5, 5.41) is 2.94. The molecule has 0 fully saturated rings. The molecule has 3 rings (SSSR count). The lowest BCUT2D eigenvalue weighted by Crippen LogP contribution is -2.52. The van der Waals surface area contributed by atoms with E-state index in [0.717, 1.165) is 27.2 Å². The third-order valence-electron chi connectivity index (χ3n) is 6.53. The van der Waals surface area contributed by atoms with Gasteiger partial charge in [-0.1, -0.05) is 66.5 Å². The van der Waals surface area contributed by atoms with Crippen LogP contribution in [0.5, 0.6) is 5.75 Å². The second-order valence-corrected chi connectivity index (χ2v) is 12.2. The Morgan fingerprint density at radius 1 is 0.927 bits per heavy atom. The molecule has 8 nitrogen and oxygen atoms in total. The number of hydrogen-bond donors (Lipinski definition) is 1. The van der Waals surface area contributed by atoms with E-state index < -0.39 is 28.5 Å². The van der Waals surface area contributed by atoms with Gasteiger partial charge >= 0.3 is 0 Å². The van der Waals surface area contributed by atoms with E-state index in [1.807, 2.05) is 51.1 Å². The molecular formula is C31H38BrN3O5S. The van der Waals surface area contributed by atoms with Gasteiger partial charge in [-0.25, -0.2) is 8.42 Å². The fourth-order valence-corrected chi connectivity index (χ4v) is 6.02. The molecule has 2 amide bonds. The summed E-state index contributed by atoms with van der Waals surface area (Å²) in [7, 11) is -4.14. The number of sulfonamides is 1. The minimum Gasteiger partial charge on any atom is -0.494 e. The Balaban J connectivity index is 2.02. The molecular weight excluding hydrogens is 606 g/mol. The number of rotatable bonds is 15. The average Bonchev–Trinajstić information content (AvgIpc) is 2.97. The molecule has 0 saturated carbocycles. The van der Waals surface area contributed by atoms with Gasteiger partial charge in [0.2, 0.25) is 11.8 Å². The van der Waals surface area contributed by atoms with Crippen molar-refractivity contribution in [1.82, 2.24) is 10.2 Å². The van der Waals surface area contributed by atoms with Crippen LogP contribution in [-0.4, -0.2) is 50.9 Å². The van der Waals surface area contributed by atoms with Crippen LogP contribution < -0.4 is 14.4 Å². The van der Waals surface area contributed by atoms with Crippen molar-refractivity contribution in [2.45, 2.75) is 57.5 Å². The van der Waals surface area contributed by atoms with Crippen LogP contribution in [0.2, 0.25) is 0 Å². The molecule has 0 aromatic heterocycles. The Morgan fingerprint density at radius 2 is 1.59 bits per heavy atom. The smallest absolute Gasteiger partial charge is 0.264 e. The van der Waals surface area contributed by atoms with E-state index in [2.05, 4.69) is 21.2 Å². The zero-order chi connectivity index (χ0) is 29.8. The Bertz CT molecular complexity index is 1370. The topological polar surface area (TPSA) is 96.0 Å². The molecule has 0 unspecified atom stereocenters. The van der Waals surface area contributed by atoms with E-state index in [1.54, 1.807) is 36.4 Å². The van der Waals surface area contributed by atoms with E-state index in [9.17, 15) is 18.0 Å². The molecule has 0 aliphatic carbocycles. The summed E-state index contributed by atoms with van der Waals surface area (Å²) in [6.07, 6.45) is 2.12. The number of nitrogens with one attached hydrogen (secondary N) is 1. The molecule has 41 heavy (non-hydrogen) atoms. The highest BCUT2D eigenvalue weighted by Gasteiger charge is 2.33. The third-order valence-corrected chi connectivity index (χ3v) is 8.84. The normalized spacial score (nSPS) is 11.9. The monoisotopic (exact) mass is 643 g/mol. The summed E-state index contributed by atoms with van der Waals surface area (Å²) >= 11 is 3.35. The zero-order valence-electron chi connectivity index (χ0n) is 23.8. The van der Waals surface area contributed by atoms with Crippen LogP contribution in [0.25, 0.3) is 0 Å². The average molecular weight is 645 g/mol. The van der Waals surface area contributed by atoms with Gasteiger partial charge in [0, 0.05) is 17.6 Å². The molecule has 0 aliphatic heterocycles. The number of carbonyl (C=O) groups excluding carboxylic acids is 2. The fraction of sp³-hybridized carbons (Fsp3) is 0.355. The van der Waals surface area contributed by atoms with Crippen molar-refractivity contribution < 1.29 is 22.7 Å². The second kappa shape index (κ2) is 15.6. The van der Waals surface area contributed by atoms with Crippen molar-refractivity contribution in [3.05, 3.63) is 88.9 Å². The van der Waals surface area contributed by atoms with Gasteiger partial charge < -0.3 is 15.0 Å². The van der Waals surface area contributed by atoms with Gasteiger partial charge in [-0.2, -0.15) is 0 Å². The molecule has 1 N–H and O–H groups in total. The lowest BCUT2D eigenvalue weighted by Gasteiger charge is -2.33. The van der Waals surface area contributed by atoms with Crippen molar-refractivity contribution in [1.29, 1.82) is 0 Å². The third kappa shape index (κ3) is 8.81. The summed E-state index contributed by atoms with van der Waals surface area (Å²) in [6, 6.07) is 21.4. The molecule has 0 aliphatic rings. The maximum absolute atomic E-state index is 14.1. The number of amides is 2. The van der Waals surface area contributed by atoms with Crippen LogP contribution in [-0.2, 0) is 26.2 Å². The maximum atomic E-state index is 14.1. The van der Waals surface area contributed by atoms with Crippen LogP contribution in [0, 0.1) is 0 Å². The first-order chi connectivity index (χ1) is 19.7. The Hall–Kier alpha value is -3.37. The molecule has 220 valence electrons. The summed E-state index contributed by atoms with van der Waals surface area (Å²) < 4.78 is 35.2. The Labute approximate surface area is 251 Å². The van der Waals surface area contributed by atoms with Crippen molar-refractivity contribution in [3.8, 4) is 5.75 Å². The summed E-state index contributed by atoms with van der Waals surface area (Å²) in [4.78, 5) is 28.8. The van der Waals surface area contributed by atoms with Gasteiger partial charge in [0.15, 0.2) is 0 Å². The number of unbranched alkanes of at least 4 members (excludes halogenated alkanes) is 1. The number of carbonyl (C=O) groups is 2. The number of halogens is 1. The van der Waals surface area contributed by atoms with Crippen LogP contribution >= 0.6 is 15.9 Å². The molecule has 0 saturated heterocycles. The predicted octanol–water partition coefficient (Wildman–Crippen LogP) is 5.77. The highest BCUT2D eigenvalue weighted by atomic mass is 79.9. The maximum Gasteiger partial charge on any atom is 0.264 e. The molecule has 1 atom stereocenters. The molecule has 0 radical (unpaired) electrons. The number of nitrogens with zero attached hydrogens (tertiary/aromatic N) is 2. The summed E-state index contributed by atoms with van der Waals surface area (Å²) in [6.45, 7) is 6.39. The Kier molecular flexibility index (Phi) is 12.2. The van der Waals surface area contributed by atoms with Crippen molar-refractivity contribution in [2.24, 2.45) is 0 Å². The molecule has 3 aromatic rings. The van der Waals surface area contributed by atoms with Gasteiger partial charge in [-0.3, -0.25) is 13.9 Å². The van der Waals surface area contributed by atoms with E-state index in [1.165, 1.54) is 17.0 Å². The molecule has 3 aromatic carbocycles. The molecule has 0 spiro atoms. The number of benzene rings is 3. The molecule has 0 bridgehead atoms. The highest BCUT2D eigenvalue weighted by Crippen LogP contribution is 2.27. The lowest BCUT2D eigenvalue weighted by atomic mass is 10.1. The molecule has 0 heterocycles. The fourth-order valence-electron chi connectivity index (χ4n) is 4.34. The van der Waals surface area contributed by atoms with E-state index >= 15 is 0 Å². The van der Waals surface area contributed by atoms with Crippen molar-refractivity contribution in [3.63, 3.8) is 0 Å². The second-order valence-electron chi connectivity index (χ2n) is 9.47. The first-order valence-electron chi connectivity index (χ1n) is 13.8. The number of anilines is 1. The first-order valence-corrected chi connectivity index (χ1v) is 16.1. The molecule has 10 heteroatoms. The van der Waals surface area contributed by atoms with E-state index in [4.69, 9.17) is 4.74 Å². The van der Waals surface area contributed by atoms with Crippen molar-refractivity contribution in [2.75, 3.05) is 24.0 Å². The van der Waals surface area contributed by atoms with Gasteiger partial charge in [0.25, 0.3) is 10.0 Å². The lowest BCUT2D eigenvalue weighted by molar-refractivity contribution is -0.140. The minimum absolute atomic E-state index is 0.0429. The standard InChI is InChI=1S/C31H38BrN3O5S/c1-4-7-21-33-31(37)29(5-2)34(22-24-11-9-8-10-12-24)30(36)23-35(26-15-17-27(18-16-26)40-6-3)41(38,39)28-19-13-25(32)14-20-28/h8-20,29H,4-7,21-23H2,1-3H3,(H,33,37)/t29-/m0/s1. The van der Waals surface area contributed by atoms with Crippen LogP contribution in [0.15, 0.2) is 88.2 Å².